The quantitative estimate of drug-likeness (QED) is 0.621. The Morgan fingerprint density at radius 1 is 1.17 bits per heavy atom. The number of aromatic amines is 1. The van der Waals surface area contributed by atoms with E-state index < -0.39 is 39.9 Å². The topological polar surface area (TPSA) is 28.7 Å². The summed E-state index contributed by atoms with van der Waals surface area (Å²) in [5.74, 6) is -2.79. The second-order valence-corrected chi connectivity index (χ2v) is 3.76. The molecular weight excluding hydrogens is 279 g/mol. The third-order valence-electron chi connectivity index (χ3n) is 2.15. The van der Waals surface area contributed by atoms with Gasteiger partial charge >= 0.3 is 6.18 Å². The lowest BCUT2D eigenvalue weighted by Crippen LogP contribution is -2.05. The van der Waals surface area contributed by atoms with E-state index in [4.69, 9.17) is 11.6 Å². The van der Waals surface area contributed by atoms with E-state index in [1.165, 1.54) is 0 Å². The van der Waals surface area contributed by atoms with Gasteiger partial charge in [-0.3, -0.25) is 0 Å². The molecule has 0 radical (unpaired) electrons. The molecule has 0 saturated carbocycles. The van der Waals surface area contributed by atoms with Crippen molar-refractivity contribution < 1.29 is 22.0 Å². The van der Waals surface area contributed by atoms with Gasteiger partial charge in [0.15, 0.2) is 11.5 Å². The Morgan fingerprint density at radius 3 is 2.39 bits per heavy atom. The first-order valence-corrected chi connectivity index (χ1v) is 4.95. The largest absolute Gasteiger partial charge is 0.434 e. The molecule has 8 heteroatoms. The van der Waals surface area contributed by atoms with E-state index >= 15 is 0 Å². The summed E-state index contributed by atoms with van der Waals surface area (Å²) in [6.45, 7) is 0. The molecule has 1 aromatic heterocycles. The number of halogens is 6. The van der Waals surface area contributed by atoms with E-state index in [9.17, 15) is 22.0 Å². The van der Waals surface area contributed by atoms with E-state index in [1.54, 1.807) is 0 Å². The van der Waals surface area contributed by atoms with Crippen LogP contribution in [0.4, 0.5) is 22.0 Å². The Kier molecular flexibility index (Phi) is 3.02. The van der Waals surface area contributed by atoms with Crippen LogP contribution < -0.4 is 0 Å². The molecule has 1 heterocycles. The molecule has 0 aliphatic rings. The highest BCUT2D eigenvalue weighted by Crippen LogP contribution is 2.32. The Morgan fingerprint density at radius 2 is 1.83 bits per heavy atom. The molecule has 2 rings (SSSR count). The number of hydrogen-bond acceptors (Lipinski definition) is 1. The van der Waals surface area contributed by atoms with Gasteiger partial charge in [-0.25, -0.2) is 13.8 Å². The smallest absolute Gasteiger partial charge is 0.344 e. The molecule has 2 nitrogen and oxygen atoms in total. The number of rotatable bonds is 1. The van der Waals surface area contributed by atoms with Gasteiger partial charge in [-0.1, -0.05) is 11.6 Å². The second kappa shape index (κ2) is 4.24. The highest BCUT2D eigenvalue weighted by Gasteiger charge is 2.34. The van der Waals surface area contributed by atoms with Crippen molar-refractivity contribution in [3.63, 3.8) is 0 Å². The summed E-state index contributed by atoms with van der Waals surface area (Å²) in [6.07, 6.45) is -4.17. The molecule has 18 heavy (non-hydrogen) atoms. The summed E-state index contributed by atoms with van der Waals surface area (Å²) in [5.41, 5.74) is -1.99. The van der Waals surface area contributed by atoms with Crippen LogP contribution in [0.1, 0.15) is 5.69 Å². The van der Waals surface area contributed by atoms with E-state index in [0.29, 0.717) is 6.20 Å². The van der Waals surface area contributed by atoms with Crippen LogP contribution in [0.15, 0.2) is 18.3 Å². The lowest BCUT2D eigenvalue weighted by Gasteiger charge is -2.03. The molecule has 1 aromatic carbocycles. The minimum Gasteiger partial charge on any atom is -0.344 e. The van der Waals surface area contributed by atoms with Crippen molar-refractivity contribution in [1.29, 1.82) is 0 Å². The van der Waals surface area contributed by atoms with E-state index in [1.807, 2.05) is 0 Å². The number of benzene rings is 1. The zero-order chi connectivity index (χ0) is 13.5. The van der Waals surface area contributed by atoms with Crippen LogP contribution in [0.25, 0.3) is 11.4 Å². The predicted octanol–water partition coefficient (Wildman–Crippen LogP) is 4.03. The first kappa shape index (κ1) is 12.8. The van der Waals surface area contributed by atoms with Crippen molar-refractivity contribution in [3.05, 3.63) is 40.7 Å². The molecule has 0 unspecified atom stereocenters. The highest BCUT2D eigenvalue weighted by molar-refractivity contribution is 6.31. The van der Waals surface area contributed by atoms with Crippen molar-refractivity contribution in [3.8, 4) is 11.4 Å². The van der Waals surface area contributed by atoms with Crippen molar-refractivity contribution in [2.45, 2.75) is 6.18 Å². The van der Waals surface area contributed by atoms with Crippen molar-refractivity contribution >= 4 is 11.6 Å². The Labute approximate surface area is 102 Å². The Hall–Kier alpha value is -1.63. The summed E-state index contributed by atoms with van der Waals surface area (Å²) in [6, 6.07) is 1.81. The first-order chi connectivity index (χ1) is 8.30. The van der Waals surface area contributed by atoms with Gasteiger partial charge in [-0.15, -0.1) is 0 Å². The molecule has 0 aliphatic carbocycles. The monoisotopic (exact) mass is 282 g/mol. The van der Waals surface area contributed by atoms with Crippen molar-refractivity contribution in [1.82, 2.24) is 9.97 Å². The van der Waals surface area contributed by atoms with Crippen LogP contribution in [-0.4, -0.2) is 9.97 Å². The van der Waals surface area contributed by atoms with E-state index in [0.717, 1.165) is 12.1 Å². The van der Waals surface area contributed by atoms with Crippen LogP contribution in [0.5, 0.6) is 0 Å². The van der Waals surface area contributed by atoms with Crippen LogP contribution in [-0.2, 0) is 6.18 Å². The van der Waals surface area contributed by atoms with Crippen LogP contribution >= 0.6 is 11.6 Å². The van der Waals surface area contributed by atoms with Crippen LogP contribution in [0.2, 0.25) is 5.02 Å². The molecule has 1 N–H and O–H groups in total. The minimum absolute atomic E-state index is 0.406. The number of H-pyrrole nitrogens is 1. The van der Waals surface area contributed by atoms with Crippen molar-refractivity contribution in [2.24, 2.45) is 0 Å². The van der Waals surface area contributed by atoms with Gasteiger partial charge in [0, 0.05) is 6.20 Å². The third kappa shape index (κ3) is 2.17. The van der Waals surface area contributed by atoms with E-state index in [-0.39, 0.29) is 0 Å². The summed E-state index contributed by atoms with van der Waals surface area (Å²) < 4.78 is 63.8. The molecular formula is C10H4ClF5N2. The Bertz CT molecular complexity index is 590. The molecule has 0 spiro atoms. The Balaban J connectivity index is 2.57. The van der Waals surface area contributed by atoms with Gasteiger partial charge in [-0.05, 0) is 12.1 Å². The fourth-order valence-electron chi connectivity index (χ4n) is 1.34. The maximum absolute atomic E-state index is 13.5. The average Bonchev–Trinajstić information content (AvgIpc) is 2.73. The SMILES string of the molecule is Fc1ccc(Cl)c(F)c1-c1nc(C(F)(F)F)c[nH]1. The number of nitrogens with zero attached hydrogens (tertiary/aromatic N) is 1. The van der Waals surface area contributed by atoms with Gasteiger partial charge in [0.1, 0.15) is 11.6 Å². The lowest BCUT2D eigenvalue weighted by atomic mass is 10.2. The summed E-state index contributed by atoms with van der Waals surface area (Å²) >= 11 is 5.43. The zero-order valence-corrected chi connectivity index (χ0v) is 9.20. The second-order valence-electron chi connectivity index (χ2n) is 3.35. The van der Waals surface area contributed by atoms with Crippen LogP contribution in [0, 0.1) is 11.6 Å². The normalized spacial score (nSPS) is 11.9. The molecule has 0 atom stereocenters. The first-order valence-electron chi connectivity index (χ1n) is 4.57. The molecule has 2 aromatic rings. The third-order valence-corrected chi connectivity index (χ3v) is 2.44. The number of imidazole rings is 1. The molecule has 0 amide bonds. The number of aromatic nitrogens is 2. The highest BCUT2D eigenvalue weighted by atomic mass is 35.5. The number of alkyl halides is 3. The molecule has 0 fully saturated rings. The van der Waals surface area contributed by atoms with E-state index in [2.05, 4.69) is 9.97 Å². The predicted molar refractivity (Wildman–Crippen MR) is 54.0 cm³/mol. The fourth-order valence-corrected chi connectivity index (χ4v) is 1.50. The summed E-state index contributed by atoms with van der Waals surface area (Å²) in [5, 5.41) is -0.406. The number of hydrogen-bond donors (Lipinski definition) is 1. The zero-order valence-electron chi connectivity index (χ0n) is 8.45. The minimum atomic E-state index is -4.69. The van der Waals surface area contributed by atoms with Crippen molar-refractivity contribution in [2.75, 3.05) is 0 Å². The van der Waals surface area contributed by atoms with Crippen LogP contribution in [0.3, 0.4) is 0 Å². The average molecular weight is 283 g/mol. The van der Waals surface area contributed by atoms with Gasteiger partial charge in [0.05, 0.1) is 10.6 Å². The number of nitrogens with one attached hydrogen (secondary N) is 1. The standard InChI is InChI=1S/C10H4ClF5N2/c11-4-1-2-5(12)7(8(4)13)9-17-3-6(18-9)10(14,15)16/h1-3H,(H,17,18). The van der Waals surface area contributed by atoms with Gasteiger partial charge in [-0.2, -0.15) is 13.2 Å². The van der Waals surface area contributed by atoms with Gasteiger partial charge in [0.25, 0.3) is 0 Å². The maximum atomic E-state index is 13.5. The van der Waals surface area contributed by atoms with Gasteiger partial charge < -0.3 is 4.98 Å². The molecule has 0 aliphatic heterocycles. The molecule has 96 valence electrons. The fraction of sp³-hybridized carbons (Fsp3) is 0.100. The molecule has 0 saturated heterocycles. The summed E-state index contributed by atoms with van der Waals surface area (Å²) in [4.78, 5) is 5.16. The summed E-state index contributed by atoms with van der Waals surface area (Å²) in [7, 11) is 0. The molecule has 0 bridgehead atoms. The lowest BCUT2D eigenvalue weighted by molar-refractivity contribution is -0.140. The van der Waals surface area contributed by atoms with Gasteiger partial charge in [0.2, 0.25) is 0 Å². The maximum Gasteiger partial charge on any atom is 0.434 e.